The smallest absolute Gasteiger partial charge is 0.348 e. The van der Waals surface area contributed by atoms with Crippen LogP contribution in [0.15, 0.2) is 30.3 Å². The summed E-state index contributed by atoms with van der Waals surface area (Å²) in [6, 6.07) is 7.15. The molecule has 1 heterocycles. The van der Waals surface area contributed by atoms with Gasteiger partial charge in [-0.25, -0.2) is 9.18 Å². The van der Waals surface area contributed by atoms with Gasteiger partial charge in [-0.15, -0.1) is 11.3 Å². The number of esters is 1. The molecule has 29 heavy (non-hydrogen) atoms. The fourth-order valence-electron chi connectivity index (χ4n) is 3.22. The zero-order chi connectivity index (χ0) is 20.8. The lowest BCUT2D eigenvalue weighted by Gasteiger charge is -2.19. The SMILES string of the molecule is CCC1CCc2sc(C(=O)OCC(=O)NCC(=O)Nc3ccc(F)cc3)cc2C1. The molecule has 2 aromatic rings. The number of thiophene rings is 1. The van der Waals surface area contributed by atoms with Gasteiger partial charge in [0.25, 0.3) is 5.91 Å². The van der Waals surface area contributed by atoms with Gasteiger partial charge in [0, 0.05) is 10.6 Å². The summed E-state index contributed by atoms with van der Waals surface area (Å²) in [4.78, 5) is 37.6. The normalized spacial score (nSPS) is 15.3. The Morgan fingerprint density at radius 1 is 1.21 bits per heavy atom. The van der Waals surface area contributed by atoms with E-state index in [1.807, 2.05) is 6.07 Å². The van der Waals surface area contributed by atoms with Crippen molar-refractivity contribution in [1.82, 2.24) is 5.32 Å². The van der Waals surface area contributed by atoms with E-state index < -0.39 is 30.2 Å². The van der Waals surface area contributed by atoms with E-state index in [9.17, 15) is 18.8 Å². The van der Waals surface area contributed by atoms with Crippen molar-refractivity contribution in [2.75, 3.05) is 18.5 Å². The molecule has 0 saturated heterocycles. The molecule has 8 heteroatoms. The zero-order valence-electron chi connectivity index (χ0n) is 16.1. The summed E-state index contributed by atoms with van der Waals surface area (Å²) in [6.07, 6.45) is 4.24. The van der Waals surface area contributed by atoms with Gasteiger partial charge in [-0.05, 0) is 61.1 Å². The highest BCUT2D eigenvalue weighted by atomic mass is 32.1. The fourth-order valence-corrected chi connectivity index (χ4v) is 4.32. The van der Waals surface area contributed by atoms with E-state index in [2.05, 4.69) is 17.6 Å². The monoisotopic (exact) mass is 418 g/mol. The molecule has 1 atom stereocenters. The van der Waals surface area contributed by atoms with Crippen LogP contribution in [0.5, 0.6) is 0 Å². The second kappa shape index (κ2) is 9.65. The first-order valence-electron chi connectivity index (χ1n) is 9.55. The van der Waals surface area contributed by atoms with Gasteiger partial charge in [0.1, 0.15) is 10.7 Å². The maximum atomic E-state index is 12.8. The van der Waals surface area contributed by atoms with Crippen molar-refractivity contribution >= 4 is 34.8 Å². The third-order valence-corrected chi connectivity index (χ3v) is 6.09. The van der Waals surface area contributed by atoms with Gasteiger partial charge < -0.3 is 15.4 Å². The number of aryl methyl sites for hydroxylation is 1. The van der Waals surface area contributed by atoms with Gasteiger partial charge in [-0.3, -0.25) is 9.59 Å². The Labute approximate surface area is 172 Å². The van der Waals surface area contributed by atoms with E-state index in [-0.39, 0.29) is 6.54 Å². The Hall–Kier alpha value is -2.74. The molecule has 0 spiro atoms. The molecular formula is C21H23FN2O4S. The minimum Gasteiger partial charge on any atom is -0.451 e. The number of ether oxygens (including phenoxy) is 1. The summed E-state index contributed by atoms with van der Waals surface area (Å²) >= 11 is 1.43. The minimum absolute atomic E-state index is 0.278. The largest absolute Gasteiger partial charge is 0.451 e. The number of anilines is 1. The zero-order valence-corrected chi connectivity index (χ0v) is 16.9. The molecule has 1 unspecified atom stereocenters. The second-order valence-corrected chi connectivity index (χ2v) is 8.12. The molecule has 1 aliphatic carbocycles. The number of amides is 2. The molecule has 1 aromatic carbocycles. The standard InChI is InChI=1S/C21H23FN2O4S/c1-2-13-3-8-17-14(9-13)10-18(29-17)21(27)28-12-20(26)23-11-19(25)24-16-6-4-15(22)5-7-16/h4-7,10,13H,2-3,8-9,11-12H2,1H3,(H,23,26)(H,24,25). The highest BCUT2D eigenvalue weighted by Crippen LogP contribution is 2.33. The van der Waals surface area contributed by atoms with E-state index >= 15 is 0 Å². The van der Waals surface area contributed by atoms with Crippen LogP contribution in [-0.2, 0) is 27.2 Å². The Balaban J connectivity index is 1.41. The summed E-state index contributed by atoms with van der Waals surface area (Å²) in [5, 5.41) is 4.91. The molecule has 3 rings (SSSR count). The number of benzene rings is 1. The van der Waals surface area contributed by atoms with Crippen LogP contribution in [0, 0.1) is 11.7 Å². The van der Waals surface area contributed by atoms with Crippen LogP contribution in [0.2, 0.25) is 0 Å². The predicted octanol–water partition coefficient (Wildman–Crippen LogP) is 3.31. The Kier molecular flexibility index (Phi) is 6.98. The van der Waals surface area contributed by atoms with Crippen molar-refractivity contribution in [1.29, 1.82) is 0 Å². The van der Waals surface area contributed by atoms with Crippen LogP contribution in [0.3, 0.4) is 0 Å². The molecule has 1 aromatic heterocycles. The molecular weight excluding hydrogens is 395 g/mol. The fraction of sp³-hybridized carbons (Fsp3) is 0.381. The summed E-state index contributed by atoms with van der Waals surface area (Å²) in [5.74, 6) is -1.31. The molecule has 0 aliphatic heterocycles. The topological polar surface area (TPSA) is 84.5 Å². The number of rotatable bonds is 7. The first-order chi connectivity index (χ1) is 13.9. The Morgan fingerprint density at radius 2 is 1.97 bits per heavy atom. The van der Waals surface area contributed by atoms with Crippen LogP contribution in [-0.4, -0.2) is 30.9 Å². The van der Waals surface area contributed by atoms with Gasteiger partial charge in [0.2, 0.25) is 5.91 Å². The van der Waals surface area contributed by atoms with E-state index in [4.69, 9.17) is 4.74 Å². The van der Waals surface area contributed by atoms with Gasteiger partial charge in [0.05, 0.1) is 6.54 Å². The molecule has 1 aliphatic rings. The Morgan fingerprint density at radius 3 is 2.69 bits per heavy atom. The van der Waals surface area contributed by atoms with E-state index in [1.165, 1.54) is 46.0 Å². The van der Waals surface area contributed by atoms with Crippen molar-refractivity contribution in [3.63, 3.8) is 0 Å². The first-order valence-corrected chi connectivity index (χ1v) is 10.4. The molecule has 0 saturated carbocycles. The Bertz CT molecular complexity index is 895. The van der Waals surface area contributed by atoms with Crippen molar-refractivity contribution in [2.45, 2.75) is 32.6 Å². The summed E-state index contributed by atoms with van der Waals surface area (Å²) in [5.41, 5.74) is 1.63. The maximum Gasteiger partial charge on any atom is 0.348 e. The predicted molar refractivity (Wildman–Crippen MR) is 108 cm³/mol. The van der Waals surface area contributed by atoms with Gasteiger partial charge in [0.15, 0.2) is 6.61 Å². The number of hydrogen-bond acceptors (Lipinski definition) is 5. The number of carbonyl (C=O) groups excluding carboxylic acids is 3. The average molecular weight is 418 g/mol. The van der Waals surface area contributed by atoms with Gasteiger partial charge >= 0.3 is 5.97 Å². The van der Waals surface area contributed by atoms with E-state index in [1.54, 1.807) is 0 Å². The lowest BCUT2D eigenvalue weighted by Crippen LogP contribution is -2.35. The average Bonchev–Trinajstić information content (AvgIpc) is 3.15. The summed E-state index contributed by atoms with van der Waals surface area (Å²) < 4.78 is 17.9. The van der Waals surface area contributed by atoms with Crippen molar-refractivity contribution in [3.8, 4) is 0 Å². The van der Waals surface area contributed by atoms with Crippen LogP contribution in [0.1, 0.15) is 39.9 Å². The number of hydrogen-bond donors (Lipinski definition) is 2. The number of nitrogens with one attached hydrogen (secondary N) is 2. The molecule has 2 N–H and O–H groups in total. The molecule has 6 nitrogen and oxygen atoms in total. The summed E-state index contributed by atoms with van der Waals surface area (Å²) in [6.45, 7) is 1.44. The summed E-state index contributed by atoms with van der Waals surface area (Å²) in [7, 11) is 0. The van der Waals surface area contributed by atoms with Crippen LogP contribution in [0.25, 0.3) is 0 Å². The second-order valence-electron chi connectivity index (χ2n) is 6.98. The molecule has 0 fully saturated rings. The maximum absolute atomic E-state index is 12.8. The number of halogens is 1. The lowest BCUT2D eigenvalue weighted by molar-refractivity contribution is -0.126. The molecule has 0 radical (unpaired) electrons. The van der Waals surface area contributed by atoms with Crippen LogP contribution >= 0.6 is 11.3 Å². The van der Waals surface area contributed by atoms with Crippen LogP contribution in [0.4, 0.5) is 10.1 Å². The van der Waals surface area contributed by atoms with E-state index in [0.717, 1.165) is 25.7 Å². The first kappa shape index (κ1) is 21.0. The van der Waals surface area contributed by atoms with Gasteiger partial charge in [-0.2, -0.15) is 0 Å². The number of fused-ring (bicyclic) bond motifs is 1. The molecule has 154 valence electrons. The highest BCUT2D eigenvalue weighted by Gasteiger charge is 2.23. The quantitative estimate of drug-likeness (QED) is 0.676. The van der Waals surface area contributed by atoms with Crippen molar-refractivity contribution < 1.29 is 23.5 Å². The van der Waals surface area contributed by atoms with Crippen molar-refractivity contribution in [2.24, 2.45) is 5.92 Å². The molecule has 2 amide bonds. The molecule has 0 bridgehead atoms. The van der Waals surface area contributed by atoms with Crippen LogP contribution < -0.4 is 10.6 Å². The van der Waals surface area contributed by atoms with Crippen molar-refractivity contribution in [3.05, 3.63) is 51.5 Å². The number of carbonyl (C=O) groups is 3. The van der Waals surface area contributed by atoms with Gasteiger partial charge in [-0.1, -0.05) is 13.3 Å². The lowest BCUT2D eigenvalue weighted by atomic mass is 9.87. The third-order valence-electron chi connectivity index (χ3n) is 4.87. The third kappa shape index (κ3) is 5.87. The highest BCUT2D eigenvalue weighted by molar-refractivity contribution is 7.14. The van der Waals surface area contributed by atoms with E-state index in [0.29, 0.717) is 16.5 Å². The minimum atomic E-state index is -0.569.